The van der Waals surface area contributed by atoms with Crippen molar-refractivity contribution >= 4 is 11.9 Å². The first kappa shape index (κ1) is 16.0. The normalized spacial score (nSPS) is 22.7. The first-order valence-corrected chi connectivity index (χ1v) is 8.64. The number of esters is 1. The summed E-state index contributed by atoms with van der Waals surface area (Å²) in [6.07, 6.45) is 4.17. The summed E-state index contributed by atoms with van der Waals surface area (Å²) < 4.78 is 5.29. The zero-order valence-corrected chi connectivity index (χ0v) is 13.8. The van der Waals surface area contributed by atoms with E-state index in [1.54, 1.807) is 0 Å². The van der Waals surface area contributed by atoms with Crippen LogP contribution in [0, 0.1) is 11.3 Å². The number of amides is 1. The van der Waals surface area contributed by atoms with Gasteiger partial charge in [0, 0.05) is 25.4 Å². The van der Waals surface area contributed by atoms with Gasteiger partial charge in [-0.05, 0) is 31.7 Å². The molecule has 1 saturated heterocycles. The molecule has 0 N–H and O–H groups in total. The molecule has 3 rings (SSSR count). The molecule has 23 heavy (non-hydrogen) atoms. The van der Waals surface area contributed by atoms with E-state index in [0.717, 1.165) is 32.2 Å². The molecule has 1 unspecified atom stereocenters. The molecule has 1 aromatic carbocycles. The number of carbonyl (C=O) groups is 2. The van der Waals surface area contributed by atoms with Crippen LogP contribution in [0.3, 0.4) is 0 Å². The van der Waals surface area contributed by atoms with Crippen molar-refractivity contribution in [2.24, 2.45) is 11.3 Å². The Hall–Kier alpha value is -1.84. The van der Waals surface area contributed by atoms with E-state index in [1.807, 2.05) is 30.0 Å². The summed E-state index contributed by atoms with van der Waals surface area (Å²) in [6.45, 7) is 3.69. The van der Waals surface area contributed by atoms with E-state index in [1.165, 1.54) is 5.56 Å². The lowest BCUT2D eigenvalue weighted by molar-refractivity contribution is -0.166. The quantitative estimate of drug-likeness (QED) is 0.758. The van der Waals surface area contributed by atoms with Crippen LogP contribution in [0.2, 0.25) is 0 Å². The highest BCUT2D eigenvalue weighted by Gasteiger charge is 2.54. The van der Waals surface area contributed by atoms with Crippen LogP contribution >= 0.6 is 0 Å². The molecule has 4 heteroatoms. The van der Waals surface area contributed by atoms with Crippen LogP contribution in [0.25, 0.3) is 0 Å². The van der Waals surface area contributed by atoms with Gasteiger partial charge in [-0.15, -0.1) is 0 Å². The first-order valence-electron chi connectivity index (χ1n) is 8.64. The average molecular weight is 315 g/mol. The van der Waals surface area contributed by atoms with Gasteiger partial charge in [-0.2, -0.15) is 0 Å². The number of hydrogen-bond acceptors (Lipinski definition) is 3. The lowest BCUT2D eigenvalue weighted by Gasteiger charge is -2.43. The molecular weight excluding hydrogens is 290 g/mol. The fourth-order valence-corrected chi connectivity index (χ4v) is 3.88. The Bertz CT molecular complexity index is 565. The second-order valence-corrected chi connectivity index (χ2v) is 6.71. The van der Waals surface area contributed by atoms with Crippen molar-refractivity contribution in [3.8, 4) is 0 Å². The minimum atomic E-state index is -0.396. The van der Waals surface area contributed by atoms with Gasteiger partial charge < -0.3 is 9.64 Å². The molecule has 0 aromatic heterocycles. The third-order valence-corrected chi connectivity index (χ3v) is 5.44. The number of carbonyl (C=O) groups excluding carboxylic acids is 2. The van der Waals surface area contributed by atoms with E-state index in [2.05, 4.69) is 12.1 Å². The van der Waals surface area contributed by atoms with Crippen molar-refractivity contribution in [3.05, 3.63) is 35.9 Å². The molecule has 2 aliphatic rings. The molecule has 0 bridgehead atoms. The fourth-order valence-electron chi connectivity index (χ4n) is 3.88. The molecule has 1 aliphatic carbocycles. The fraction of sp³-hybridized carbons (Fsp3) is 0.579. The summed E-state index contributed by atoms with van der Waals surface area (Å²) in [5, 5.41) is 0. The van der Waals surface area contributed by atoms with E-state index < -0.39 is 5.41 Å². The molecule has 4 nitrogen and oxygen atoms in total. The largest absolute Gasteiger partial charge is 0.466 e. The smallest absolute Gasteiger partial charge is 0.312 e. The molecule has 1 atom stereocenters. The van der Waals surface area contributed by atoms with Crippen molar-refractivity contribution in [2.45, 2.75) is 39.0 Å². The van der Waals surface area contributed by atoms with Crippen molar-refractivity contribution in [1.29, 1.82) is 0 Å². The molecule has 0 spiro atoms. The zero-order valence-electron chi connectivity index (χ0n) is 13.8. The zero-order chi connectivity index (χ0) is 16.3. The highest BCUT2D eigenvalue weighted by molar-refractivity contribution is 5.83. The Balaban J connectivity index is 1.61. The van der Waals surface area contributed by atoms with E-state index in [9.17, 15) is 9.59 Å². The molecular formula is C19H25NO3. The number of rotatable bonds is 6. The van der Waals surface area contributed by atoms with Gasteiger partial charge in [-0.3, -0.25) is 9.59 Å². The number of hydrogen-bond donors (Lipinski definition) is 0. The van der Waals surface area contributed by atoms with Gasteiger partial charge in [0.15, 0.2) is 0 Å². The number of nitrogens with zero attached hydrogens (tertiary/aromatic N) is 1. The number of likely N-dealkylation sites (tertiary alicyclic amines) is 1. The van der Waals surface area contributed by atoms with Crippen LogP contribution in [0.5, 0.6) is 0 Å². The highest BCUT2D eigenvalue weighted by Crippen LogP contribution is 2.51. The third kappa shape index (κ3) is 3.12. The van der Waals surface area contributed by atoms with E-state index in [4.69, 9.17) is 4.74 Å². The van der Waals surface area contributed by atoms with Gasteiger partial charge in [0.25, 0.3) is 0 Å². The van der Waals surface area contributed by atoms with Gasteiger partial charge in [0.2, 0.25) is 5.91 Å². The molecule has 1 amide bonds. The summed E-state index contributed by atoms with van der Waals surface area (Å²) in [7, 11) is 0. The molecule has 0 radical (unpaired) electrons. The van der Waals surface area contributed by atoms with E-state index in [0.29, 0.717) is 19.6 Å². The highest BCUT2D eigenvalue weighted by atomic mass is 16.5. The van der Waals surface area contributed by atoms with E-state index in [-0.39, 0.29) is 17.8 Å². The van der Waals surface area contributed by atoms with Gasteiger partial charge >= 0.3 is 5.97 Å². The molecule has 1 aromatic rings. The first-order chi connectivity index (χ1) is 11.2. The van der Waals surface area contributed by atoms with Gasteiger partial charge in [0.1, 0.15) is 0 Å². The molecule has 2 fully saturated rings. The van der Waals surface area contributed by atoms with Crippen molar-refractivity contribution in [1.82, 2.24) is 4.90 Å². The maximum Gasteiger partial charge on any atom is 0.312 e. The number of ether oxygens (including phenoxy) is 1. The Morgan fingerprint density at radius 1 is 1.30 bits per heavy atom. The van der Waals surface area contributed by atoms with Crippen molar-refractivity contribution < 1.29 is 14.3 Å². The predicted molar refractivity (Wildman–Crippen MR) is 87.8 cm³/mol. The summed E-state index contributed by atoms with van der Waals surface area (Å²) in [6, 6.07) is 10.2. The SMILES string of the molecule is CCOC(=O)C1(C2CC(=O)N(CCc3ccccc3)C2)CCC1. The Labute approximate surface area is 137 Å². The maximum atomic E-state index is 12.4. The minimum Gasteiger partial charge on any atom is -0.466 e. The Kier molecular flexibility index (Phi) is 4.69. The standard InChI is InChI=1S/C19H25NO3/c1-2-23-18(22)19(10-6-11-19)16-13-17(21)20(14-16)12-9-15-7-4-3-5-8-15/h3-5,7-8,16H,2,6,9-14H2,1H3. The summed E-state index contributed by atoms with van der Waals surface area (Å²) in [4.78, 5) is 26.6. The maximum absolute atomic E-state index is 12.4. The predicted octanol–water partition coefficient (Wildman–Crippen LogP) is 2.81. The van der Waals surface area contributed by atoms with Crippen LogP contribution in [0.15, 0.2) is 30.3 Å². The lowest BCUT2D eigenvalue weighted by Crippen LogP contribution is -2.46. The second kappa shape index (κ2) is 6.73. The van der Waals surface area contributed by atoms with Crippen LogP contribution in [0.4, 0.5) is 0 Å². The summed E-state index contributed by atoms with van der Waals surface area (Å²) in [5.41, 5.74) is 0.847. The van der Waals surface area contributed by atoms with Gasteiger partial charge in [-0.1, -0.05) is 36.8 Å². The molecule has 124 valence electrons. The van der Waals surface area contributed by atoms with Crippen LogP contribution < -0.4 is 0 Å². The minimum absolute atomic E-state index is 0.0889. The summed E-state index contributed by atoms with van der Waals surface area (Å²) in [5.74, 6) is 0.217. The Morgan fingerprint density at radius 3 is 2.65 bits per heavy atom. The van der Waals surface area contributed by atoms with Crippen molar-refractivity contribution in [3.63, 3.8) is 0 Å². The van der Waals surface area contributed by atoms with Crippen molar-refractivity contribution in [2.75, 3.05) is 19.7 Å². The monoisotopic (exact) mass is 315 g/mol. The van der Waals surface area contributed by atoms with Crippen LogP contribution in [0.1, 0.15) is 38.2 Å². The van der Waals surface area contributed by atoms with Gasteiger partial charge in [0.05, 0.1) is 12.0 Å². The topological polar surface area (TPSA) is 46.6 Å². The molecule has 1 saturated carbocycles. The molecule has 1 aliphatic heterocycles. The van der Waals surface area contributed by atoms with E-state index >= 15 is 0 Å². The van der Waals surface area contributed by atoms with Crippen LogP contribution in [-0.4, -0.2) is 36.5 Å². The molecule has 1 heterocycles. The lowest BCUT2D eigenvalue weighted by atomic mass is 9.60. The van der Waals surface area contributed by atoms with Gasteiger partial charge in [-0.25, -0.2) is 0 Å². The third-order valence-electron chi connectivity index (χ3n) is 5.44. The second-order valence-electron chi connectivity index (χ2n) is 6.71. The average Bonchev–Trinajstić information content (AvgIpc) is 2.86. The Morgan fingerprint density at radius 2 is 2.04 bits per heavy atom. The number of benzene rings is 1. The van der Waals surface area contributed by atoms with Crippen LogP contribution in [-0.2, 0) is 20.7 Å². The summed E-state index contributed by atoms with van der Waals surface area (Å²) >= 11 is 0.